The highest BCUT2D eigenvalue weighted by atomic mass is 19.4. The molecule has 1 aliphatic heterocycles. The second-order valence-corrected chi connectivity index (χ2v) is 5.64. The molecule has 0 spiro atoms. The molecule has 3 rings (SSSR count). The minimum Gasteiger partial charge on any atom is -0.362 e. The summed E-state index contributed by atoms with van der Waals surface area (Å²) in [4.78, 5) is 16.2. The van der Waals surface area contributed by atoms with Gasteiger partial charge in [-0.05, 0) is 17.7 Å². The zero-order valence-electron chi connectivity index (χ0n) is 12.9. The van der Waals surface area contributed by atoms with E-state index in [0.717, 1.165) is 0 Å². The maximum atomic E-state index is 13.5. The van der Waals surface area contributed by atoms with Gasteiger partial charge in [-0.15, -0.1) is 0 Å². The van der Waals surface area contributed by atoms with Crippen LogP contribution in [-0.4, -0.2) is 38.6 Å². The number of carbonyl (C=O) groups excluding carboxylic acids is 1. The van der Waals surface area contributed by atoms with Crippen LogP contribution in [0, 0.1) is 0 Å². The van der Waals surface area contributed by atoms with Crippen LogP contribution in [0.3, 0.4) is 0 Å². The van der Waals surface area contributed by atoms with Gasteiger partial charge in [0.25, 0.3) is 5.72 Å². The van der Waals surface area contributed by atoms with Gasteiger partial charge in [0.15, 0.2) is 0 Å². The van der Waals surface area contributed by atoms with Gasteiger partial charge in [0.1, 0.15) is 0 Å². The summed E-state index contributed by atoms with van der Waals surface area (Å²) in [5.74, 6) is -0.935. The average molecular weight is 349 g/mol. The number of amides is 1. The summed E-state index contributed by atoms with van der Waals surface area (Å²) in [5.41, 5.74) is -2.49. The monoisotopic (exact) mass is 349 g/mol. The molecular formula is C17H14F3N3O2. The van der Waals surface area contributed by atoms with Crippen molar-refractivity contribution in [2.45, 2.75) is 24.7 Å². The summed E-state index contributed by atoms with van der Waals surface area (Å²) in [6.45, 7) is 0. The second-order valence-electron chi connectivity index (χ2n) is 5.64. The highest BCUT2D eigenvalue weighted by Crippen LogP contribution is 2.41. The van der Waals surface area contributed by atoms with Crippen molar-refractivity contribution in [3.05, 3.63) is 66.0 Å². The predicted octanol–water partition coefficient (Wildman–Crippen LogP) is 2.51. The smallest absolute Gasteiger partial charge is 0.362 e. The second kappa shape index (κ2) is 6.29. The van der Waals surface area contributed by atoms with E-state index in [0.29, 0.717) is 11.1 Å². The van der Waals surface area contributed by atoms with Gasteiger partial charge in [-0.25, -0.2) is 0 Å². The topological polar surface area (TPSA) is 65.8 Å². The van der Waals surface area contributed by atoms with E-state index in [1.807, 2.05) is 0 Å². The summed E-state index contributed by atoms with van der Waals surface area (Å²) in [6.07, 6.45) is -3.37. The number of carbonyl (C=O) groups is 1. The van der Waals surface area contributed by atoms with Gasteiger partial charge < -0.3 is 5.11 Å². The van der Waals surface area contributed by atoms with Crippen LogP contribution >= 0.6 is 0 Å². The highest BCUT2D eigenvalue weighted by molar-refractivity contribution is 6.03. The van der Waals surface area contributed by atoms with Gasteiger partial charge >= 0.3 is 6.18 Å². The minimum atomic E-state index is -5.04. The Morgan fingerprint density at radius 3 is 2.40 bits per heavy atom. The number of benzene rings is 1. The van der Waals surface area contributed by atoms with Crippen LogP contribution in [-0.2, 0) is 11.2 Å². The van der Waals surface area contributed by atoms with Gasteiger partial charge in [-0.1, -0.05) is 30.3 Å². The molecule has 1 aromatic heterocycles. The van der Waals surface area contributed by atoms with Crippen molar-refractivity contribution in [2.75, 3.05) is 0 Å². The first-order valence-electron chi connectivity index (χ1n) is 7.45. The molecule has 1 aliphatic rings. The third-order valence-corrected chi connectivity index (χ3v) is 3.89. The van der Waals surface area contributed by atoms with Crippen molar-refractivity contribution in [1.29, 1.82) is 0 Å². The number of hydrogen-bond acceptors (Lipinski definition) is 4. The Hall–Kier alpha value is -2.74. The number of nitrogens with zero attached hydrogens (tertiary/aromatic N) is 3. The van der Waals surface area contributed by atoms with Crippen LogP contribution in [0.2, 0.25) is 0 Å². The molecule has 0 radical (unpaired) electrons. The minimum absolute atomic E-state index is 0.0244. The summed E-state index contributed by atoms with van der Waals surface area (Å²) in [6, 6.07) is 11.3. The zero-order chi connectivity index (χ0) is 18.1. The first-order chi connectivity index (χ1) is 11.8. The molecule has 2 heterocycles. The Morgan fingerprint density at radius 2 is 1.80 bits per heavy atom. The van der Waals surface area contributed by atoms with Crippen molar-refractivity contribution in [3.63, 3.8) is 0 Å². The SMILES string of the molecule is O=C(Cc1ccccc1)N1N=C(c2ccncc2)C[C@@]1(O)C(F)(F)F. The summed E-state index contributed by atoms with van der Waals surface area (Å²) in [7, 11) is 0. The molecular weight excluding hydrogens is 335 g/mol. The lowest BCUT2D eigenvalue weighted by molar-refractivity contribution is -0.302. The molecule has 130 valence electrons. The van der Waals surface area contributed by atoms with Gasteiger partial charge in [-0.2, -0.15) is 23.3 Å². The van der Waals surface area contributed by atoms with E-state index in [9.17, 15) is 23.1 Å². The number of hydrogen-bond donors (Lipinski definition) is 1. The van der Waals surface area contributed by atoms with E-state index in [2.05, 4.69) is 10.1 Å². The van der Waals surface area contributed by atoms with E-state index in [1.54, 1.807) is 30.3 Å². The lowest BCUT2D eigenvalue weighted by atomic mass is 10.0. The van der Waals surface area contributed by atoms with Crippen molar-refractivity contribution >= 4 is 11.6 Å². The molecule has 2 aromatic rings. The van der Waals surface area contributed by atoms with E-state index < -0.39 is 24.2 Å². The molecule has 8 heteroatoms. The molecule has 0 saturated carbocycles. The van der Waals surface area contributed by atoms with Crippen LogP contribution in [0.25, 0.3) is 0 Å². The Balaban J connectivity index is 1.94. The summed E-state index contributed by atoms with van der Waals surface area (Å²) >= 11 is 0. The maximum Gasteiger partial charge on any atom is 0.438 e. The molecule has 0 bridgehead atoms. The highest BCUT2D eigenvalue weighted by Gasteiger charge is 2.63. The van der Waals surface area contributed by atoms with Crippen molar-refractivity contribution < 1.29 is 23.1 Å². The number of rotatable bonds is 3. The number of pyridine rings is 1. The fraction of sp³-hybridized carbons (Fsp3) is 0.235. The Labute approximate surface area is 141 Å². The Bertz CT molecular complexity index is 794. The Morgan fingerprint density at radius 1 is 1.16 bits per heavy atom. The maximum absolute atomic E-state index is 13.5. The fourth-order valence-electron chi connectivity index (χ4n) is 2.58. The van der Waals surface area contributed by atoms with Crippen LogP contribution in [0.5, 0.6) is 0 Å². The number of alkyl halides is 3. The van der Waals surface area contributed by atoms with Crippen LogP contribution in [0.1, 0.15) is 17.5 Å². The van der Waals surface area contributed by atoms with Crippen molar-refractivity contribution in [3.8, 4) is 0 Å². The molecule has 25 heavy (non-hydrogen) atoms. The van der Waals surface area contributed by atoms with Gasteiger partial charge in [-0.3, -0.25) is 9.78 Å². The molecule has 0 saturated heterocycles. The Kier molecular flexibility index (Phi) is 4.30. The molecule has 1 N–H and O–H groups in total. The number of hydrazone groups is 1. The summed E-state index contributed by atoms with van der Waals surface area (Å²) in [5, 5.41) is 14.1. The molecule has 0 aliphatic carbocycles. The lowest BCUT2D eigenvalue weighted by Crippen LogP contribution is -2.57. The molecule has 5 nitrogen and oxygen atoms in total. The van der Waals surface area contributed by atoms with Gasteiger partial charge in [0.2, 0.25) is 5.91 Å². The van der Waals surface area contributed by atoms with Crippen LogP contribution < -0.4 is 0 Å². The van der Waals surface area contributed by atoms with Gasteiger partial charge in [0.05, 0.1) is 18.6 Å². The van der Waals surface area contributed by atoms with Crippen LogP contribution in [0.4, 0.5) is 13.2 Å². The molecule has 1 aromatic carbocycles. The number of aliphatic hydroxyl groups is 1. The fourth-order valence-corrected chi connectivity index (χ4v) is 2.58. The van der Waals surface area contributed by atoms with E-state index in [4.69, 9.17) is 0 Å². The average Bonchev–Trinajstić information content (AvgIpc) is 2.96. The van der Waals surface area contributed by atoms with E-state index in [1.165, 1.54) is 24.5 Å². The molecule has 1 atom stereocenters. The largest absolute Gasteiger partial charge is 0.438 e. The number of aromatic nitrogens is 1. The first kappa shape index (κ1) is 17.1. The number of halogens is 3. The molecule has 1 amide bonds. The van der Waals surface area contributed by atoms with Gasteiger partial charge in [0, 0.05) is 18.0 Å². The van der Waals surface area contributed by atoms with E-state index in [-0.39, 0.29) is 17.1 Å². The normalized spacial score (nSPS) is 20.5. The lowest BCUT2D eigenvalue weighted by Gasteiger charge is -2.32. The zero-order valence-corrected chi connectivity index (χ0v) is 12.9. The standard InChI is InChI=1S/C17H14F3N3O2/c18-17(19,20)16(25)11-14(13-6-8-21-9-7-13)22-23(16)15(24)10-12-4-2-1-3-5-12/h1-9,25H,10-11H2/t16-/m1/s1. The molecule has 0 unspecified atom stereocenters. The first-order valence-corrected chi connectivity index (χ1v) is 7.45. The van der Waals surface area contributed by atoms with Crippen molar-refractivity contribution in [1.82, 2.24) is 9.99 Å². The molecule has 0 fully saturated rings. The van der Waals surface area contributed by atoms with Crippen LogP contribution in [0.15, 0.2) is 60.0 Å². The predicted molar refractivity (Wildman–Crippen MR) is 83.4 cm³/mol. The van der Waals surface area contributed by atoms with Crippen molar-refractivity contribution in [2.24, 2.45) is 5.10 Å². The quantitative estimate of drug-likeness (QED) is 0.926. The third-order valence-electron chi connectivity index (χ3n) is 3.89. The van der Waals surface area contributed by atoms with E-state index >= 15 is 0 Å². The summed E-state index contributed by atoms with van der Waals surface area (Å²) < 4.78 is 40.4. The third kappa shape index (κ3) is 3.25.